The summed E-state index contributed by atoms with van der Waals surface area (Å²) in [6, 6.07) is 7.64. The lowest BCUT2D eigenvalue weighted by Gasteiger charge is -2.10. The minimum Gasteiger partial charge on any atom is -0.406 e. The highest BCUT2D eigenvalue weighted by molar-refractivity contribution is 5.99. The predicted octanol–water partition coefficient (Wildman–Crippen LogP) is 4.16. The third-order valence-corrected chi connectivity index (χ3v) is 4.89. The average Bonchev–Trinajstić information content (AvgIpc) is 3.52. The van der Waals surface area contributed by atoms with E-state index >= 15 is 0 Å². The molecule has 0 bridgehead atoms. The zero-order chi connectivity index (χ0) is 24.1. The third kappa shape index (κ3) is 6.70. The molecule has 2 heterocycles. The zero-order valence-corrected chi connectivity index (χ0v) is 17.8. The molecule has 1 aliphatic carbocycles. The summed E-state index contributed by atoms with van der Waals surface area (Å²) in [5.41, 5.74) is 1.08. The van der Waals surface area contributed by atoms with Crippen LogP contribution in [0.5, 0.6) is 5.75 Å². The van der Waals surface area contributed by atoms with Crippen molar-refractivity contribution in [3.63, 3.8) is 0 Å². The number of carbonyl (C=O) groups excluding carboxylic acids is 2. The first-order valence-corrected chi connectivity index (χ1v) is 10.4. The third-order valence-electron chi connectivity index (χ3n) is 4.89. The Labute approximate surface area is 192 Å². The van der Waals surface area contributed by atoms with Gasteiger partial charge >= 0.3 is 12.4 Å². The number of halogens is 3. The molecule has 9 nitrogen and oxygen atoms in total. The van der Waals surface area contributed by atoms with E-state index in [-0.39, 0.29) is 23.9 Å². The minimum atomic E-state index is -4.80. The van der Waals surface area contributed by atoms with Crippen molar-refractivity contribution < 1.29 is 27.5 Å². The van der Waals surface area contributed by atoms with Gasteiger partial charge in [-0.2, -0.15) is 0 Å². The molecule has 1 fully saturated rings. The molecule has 3 amide bonds. The second-order valence-corrected chi connectivity index (χ2v) is 7.74. The summed E-state index contributed by atoms with van der Waals surface area (Å²) in [7, 11) is 0. The van der Waals surface area contributed by atoms with Gasteiger partial charge in [0.25, 0.3) is 5.91 Å². The van der Waals surface area contributed by atoms with E-state index in [1.807, 2.05) is 6.07 Å². The van der Waals surface area contributed by atoms with E-state index < -0.39 is 24.1 Å². The first-order valence-electron chi connectivity index (χ1n) is 10.4. The highest BCUT2D eigenvalue weighted by Crippen LogP contribution is 2.31. The van der Waals surface area contributed by atoms with Crippen molar-refractivity contribution in [2.24, 2.45) is 5.92 Å². The summed E-state index contributed by atoms with van der Waals surface area (Å²) in [4.78, 5) is 33.3. The highest BCUT2D eigenvalue weighted by Gasteiger charge is 2.31. The van der Waals surface area contributed by atoms with Crippen LogP contribution >= 0.6 is 0 Å². The lowest BCUT2D eigenvalue weighted by atomic mass is 10.3. The summed E-state index contributed by atoms with van der Waals surface area (Å²) in [5.74, 6) is -0.00272. The van der Waals surface area contributed by atoms with Crippen molar-refractivity contribution in [1.82, 2.24) is 19.9 Å². The number of hydrogen-bond acceptors (Lipinski definition) is 5. The van der Waals surface area contributed by atoms with Crippen LogP contribution in [0.4, 0.5) is 29.5 Å². The van der Waals surface area contributed by atoms with Gasteiger partial charge in [0.15, 0.2) is 5.82 Å². The van der Waals surface area contributed by atoms with Gasteiger partial charge in [0.1, 0.15) is 5.75 Å². The number of carbonyl (C=O) groups is 2. The molecule has 0 radical (unpaired) electrons. The van der Waals surface area contributed by atoms with Crippen molar-refractivity contribution in [2.75, 3.05) is 10.6 Å². The van der Waals surface area contributed by atoms with Crippen molar-refractivity contribution in [3.05, 3.63) is 66.4 Å². The summed E-state index contributed by atoms with van der Waals surface area (Å²) in [5, 5.41) is 7.83. The van der Waals surface area contributed by atoms with E-state index in [2.05, 4.69) is 30.7 Å². The van der Waals surface area contributed by atoms with Gasteiger partial charge in [0, 0.05) is 37.4 Å². The fourth-order valence-electron chi connectivity index (χ4n) is 3.16. The molecule has 3 aromatic rings. The molecule has 1 saturated carbocycles. The summed E-state index contributed by atoms with van der Waals surface area (Å²) in [6.45, 7) is 0.882. The number of anilines is 2. The normalized spacial score (nSPS) is 13.3. The average molecular weight is 474 g/mol. The molecule has 0 aliphatic heterocycles. The Kier molecular flexibility index (Phi) is 6.66. The maximum absolute atomic E-state index is 12.7. The van der Waals surface area contributed by atoms with Crippen molar-refractivity contribution in [2.45, 2.75) is 32.3 Å². The van der Waals surface area contributed by atoms with E-state index in [1.165, 1.54) is 12.1 Å². The number of ether oxygens (including phenoxy) is 1. The largest absolute Gasteiger partial charge is 0.573 e. The molecule has 0 unspecified atom stereocenters. The fraction of sp³-hybridized carbons (Fsp3) is 0.273. The first-order chi connectivity index (χ1) is 16.2. The first kappa shape index (κ1) is 23.1. The zero-order valence-electron chi connectivity index (χ0n) is 17.8. The van der Waals surface area contributed by atoms with E-state index in [4.69, 9.17) is 0 Å². The number of alkyl halides is 3. The van der Waals surface area contributed by atoms with Gasteiger partial charge in [0.05, 0.1) is 0 Å². The molecule has 4 rings (SSSR count). The fourth-order valence-corrected chi connectivity index (χ4v) is 3.16. The molecular formula is C22H21F3N6O3. The lowest BCUT2D eigenvalue weighted by molar-refractivity contribution is -0.274. The Morgan fingerprint density at radius 2 is 1.88 bits per heavy atom. The molecule has 1 aliphatic rings. The van der Waals surface area contributed by atoms with Gasteiger partial charge in [0.2, 0.25) is 5.82 Å². The van der Waals surface area contributed by atoms with Crippen molar-refractivity contribution >= 4 is 23.4 Å². The number of aromatic nitrogens is 3. The molecule has 34 heavy (non-hydrogen) atoms. The van der Waals surface area contributed by atoms with Crippen molar-refractivity contribution in [1.29, 1.82) is 0 Å². The minimum absolute atomic E-state index is 0.166. The quantitative estimate of drug-likeness (QED) is 0.454. The van der Waals surface area contributed by atoms with Crippen LogP contribution < -0.4 is 20.7 Å². The number of imidazole rings is 1. The second-order valence-electron chi connectivity index (χ2n) is 7.74. The highest BCUT2D eigenvalue weighted by atomic mass is 19.4. The number of urea groups is 1. The maximum atomic E-state index is 12.7. The van der Waals surface area contributed by atoms with Gasteiger partial charge in [-0.25, -0.2) is 9.78 Å². The van der Waals surface area contributed by atoms with Crippen LogP contribution in [0, 0.1) is 5.92 Å². The standard InChI is InChI=1S/C22H21F3N6O3/c23-22(24,25)34-17-7-5-16(6-8-17)28-21(33)30-18-13-31(12-14-3-4-14)19(29-18)20(32)27-11-15-2-1-9-26-10-15/h1-2,5-10,13-14H,3-4,11-12H2,(H,27,32)(H2,28,30,33). The Balaban J connectivity index is 1.38. The van der Waals surface area contributed by atoms with Crippen LogP contribution in [0.15, 0.2) is 55.0 Å². The SMILES string of the molecule is O=C(Nc1ccc(OC(F)(F)F)cc1)Nc1cn(CC2CC2)c(C(=O)NCc2cccnc2)n1. The molecule has 0 saturated heterocycles. The van der Waals surface area contributed by atoms with Gasteiger partial charge in [-0.15, -0.1) is 13.2 Å². The summed E-state index contributed by atoms with van der Waals surface area (Å²) < 4.78 is 42.3. The van der Waals surface area contributed by atoms with Gasteiger partial charge in [-0.3, -0.25) is 15.1 Å². The number of hydrogen-bond donors (Lipinski definition) is 3. The number of nitrogens with one attached hydrogen (secondary N) is 3. The number of pyridine rings is 1. The number of nitrogens with zero attached hydrogens (tertiary/aromatic N) is 3. The number of rotatable bonds is 8. The number of benzene rings is 1. The van der Waals surface area contributed by atoms with Crippen LogP contribution in [0.2, 0.25) is 0 Å². The van der Waals surface area contributed by atoms with Crippen LogP contribution in [0.25, 0.3) is 0 Å². The van der Waals surface area contributed by atoms with Crippen LogP contribution in [0.1, 0.15) is 29.0 Å². The van der Waals surface area contributed by atoms with E-state index in [0.717, 1.165) is 30.5 Å². The predicted molar refractivity (Wildman–Crippen MR) is 116 cm³/mol. The van der Waals surface area contributed by atoms with Crippen LogP contribution in [-0.2, 0) is 13.1 Å². The second kappa shape index (κ2) is 9.81. The molecule has 178 valence electrons. The monoisotopic (exact) mass is 474 g/mol. The smallest absolute Gasteiger partial charge is 0.406 e. The van der Waals surface area contributed by atoms with Gasteiger partial charge in [-0.05, 0) is 54.7 Å². The van der Waals surface area contributed by atoms with Crippen molar-refractivity contribution in [3.8, 4) is 5.75 Å². The summed E-state index contributed by atoms with van der Waals surface area (Å²) >= 11 is 0. The number of amides is 3. The van der Waals surface area contributed by atoms with E-state index in [9.17, 15) is 22.8 Å². The van der Waals surface area contributed by atoms with Gasteiger partial charge in [-0.1, -0.05) is 6.07 Å². The van der Waals surface area contributed by atoms with Crippen LogP contribution in [0.3, 0.4) is 0 Å². The molecule has 0 spiro atoms. The maximum Gasteiger partial charge on any atom is 0.573 e. The van der Waals surface area contributed by atoms with E-state index in [1.54, 1.807) is 29.2 Å². The Morgan fingerprint density at radius 1 is 1.12 bits per heavy atom. The Hall–Kier alpha value is -4.09. The van der Waals surface area contributed by atoms with E-state index in [0.29, 0.717) is 12.5 Å². The Morgan fingerprint density at radius 3 is 2.53 bits per heavy atom. The summed E-state index contributed by atoms with van der Waals surface area (Å²) in [6.07, 6.45) is 2.20. The molecule has 0 atom stereocenters. The van der Waals surface area contributed by atoms with Crippen LogP contribution in [-0.4, -0.2) is 32.8 Å². The molecule has 1 aromatic carbocycles. The molecular weight excluding hydrogens is 453 g/mol. The lowest BCUT2D eigenvalue weighted by Crippen LogP contribution is -2.26. The molecule has 12 heteroatoms. The molecule has 2 aromatic heterocycles. The Bertz CT molecular complexity index is 1140. The topological polar surface area (TPSA) is 110 Å². The molecule has 3 N–H and O–H groups in total. The van der Waals surface area contributed by atoms with Gasteiger partial charge < -0.3 is 19.9 Å².